The number of likely N-dealkylation sites (N-methyl/N-ethyl adjacent to an activating group) is 1. The standard InChI is InChI=1S/C16H32N2/c1-5-11-17-14-9-10-16(2,3)12-15(14)18(4)13-7-6-8-13/h13-15,17H,5-12H2,1-4H3. The molecule has 106 valence electrons. The van der Waals surface area contributed by atoms with Gasteiger partial charge in [-0.15, -0.1) is 0 Å². The summed E-state index contributed by atoms with van der Waals surface area (Å²) in [5, 5.41) is 3.80. The van der Waals surface area contributed by atoms with E-state index in [1.165, 1.54) is 51.5 Å². The Morgan fingerprint density at radius 2 is 1.94 bits per heavy atom. The molecule has 1 N–H and O–H groups in total. The largest absolute Gasteiger partial charge is 0.312 e. The van der Waals surface area contributed by atoms with Crippen molar-refractivity contribution in [3.05, 3.63) is 0 Å². The first-order valence-electron chi connectivity index (χ1n) is 7.99. The zero-order valence-corrected chi connectivity index (χ0v) is 12.8. The highest BCUT2D eigenvalue weighted by molar-refractivity contribution is 4.96. The van der Waals surface area contributed by atoms with Gasteiger partial charge in [-0.05, 0) is 57.5 Å². The lowest BCUT2D eigenvalue weighted by Crippen LogP contribution is -2.57. The Kier molecular flexibility index (Phi) is 4.71. The number of nitrogens with one attached hydrogen (secondary N) is 1. The molecular weight excluding hydrogens is 220 g/mol. The van der Waals surface area contributed by atoms with E-state index in [4.69, 9.17) is 0 Å². The molecule has 18 heavy (non-hydrogen) atoms. The van der Waals surface area contributed by atoms with E-state index < -0.39 is 0 Å². The van der Waals surface area contributed by atoms with Crippen molar-refractivity contribution in [2.75, 3.05) is 13.6 Å². The molecule has 0 aromatic carbocycles. The molecule has 2 saturated carbocycles. The lowest BCUT2D eigenvalue weighted by Gasteiger charge is -2.49. The minimum atomic E-state index is 0.535. The van der Waals surface area contributed by atoms with E-state index >= 15 is 0 Å². The summed E-state index contributed by atoms with van der Waals surface area (Å²) < 4.78 is 0. The molecule has 2 unspecified atom stereocenters. The van der Waals surface area contributed by atoms with E-state index in [0.717, 1.165) is 18.1 Å². The van der Waals surface area contributed by atoms with Crippen LogP contribution in [0.4, 0.5) is 0 Å². The molecule has 2 fully saturated rings. The Bertz CT molecular complexity index is 258. The Balaban J connectivity index is 1.98. The van der Waals surface area contributed by atoms with Gasteiger partial charge in [-0.2, -0.15) is 0 Å². The summed E-state index contributed by atoms with van der Waals surface area (Å²) in [6, 6.07) is 2.35. The van der Waals surface area contributed by atoms with Crippen LogP contribution >= 0.6 is 0 Å². The summed E-state index contributed by atoms with van der Waals surface area (Å²) in [7, 11) is 2.37. The van der Waals surface area contributed by atoms with Crippen molar-refractivity contribution >= 4 is 0 Å². The molecule has 0 aromatic rings. The molecule has 0 aliphatic heterocycles. The van der Waals surface area contributed by atoms with Crippen LogP contribution in [0.25, 0.3) is 0 Å². The third-order valence-electron chi connectivity index (χ3n) is 5.19. The predicted octanol–water partition coefficient (Wildman–Crippen LogP) is 3.42. The number of rotatable bonds is 5. The van der Waals surface area contributed by atoms with E-state index in [9.17, 15) is 0 Å². The van der Waals surface area contributed by atoms with Gasteiger partial charge in [0, 0.05) is 18.1 Å². The van der Waals surface area contributed by atoms with E-state index in [1.54, 1.807) is 0 Å². The molecule has 2 heteroatoms. The maximum absolute atomic E-state index is 3.80. The molecule has 0 aromatic heterocycles. The first kappa shape index (κ1) is 14.3. The molecule has 2 aliphatic rings. The first-order chi connectivity index (χ1) is 8.53. The summed E-state index contributed by atoms with van der Waals surface area (Å²) in [6.07, 6.45) is 9.64. The molecule has 2 rings (SSSR count). The second kappa shape index (κ2) is 5.92. The molecule has 2 nitrogen and oxygen atoms in total. The van der Waals surface area contributed by atoms with Gasteiger partial charge >= 0.3 is 0 Å². The lowest BCUT2D eigenvalue weighted by atomic mass is 9.71. The summed E-state index contributed by atoms with van der Waals surface area (Å²) in [4.78, 5) is 2.71. The SMILES string of the molecule is CCCNC1CCC(C)(C)CC1N(C)C1CCC1. The van der Waals surface area contributed by atoms with Crippen molar-refractivity contribution in [2.24, 2.45) is 5.41 Å². The zero-order chi connectivity index (χ0) is 13.2. The number of hydrogen-bond acceptors (Lipinski definition) is 2. The van der Waals surface area contributed by atoms with Gasteiger partial charge in [-0.3, -0.25) is 4.90 Å². The third-order valence-corrected chi connectivity index (χ3v) is 5.19. The van der Waals surface area contributed by atoms with Crippen LogP contribution in [-0.4, -0.2) is 36.6 Å². The van der Waals surface area contributed by atoms with Crippen LogP contribution in [0.15, 0.2) is 0 Å². The fourth-order valence-corrected chi connectivity index (χ4v) is 3.61. The van der Waals surface area contributed by atoms with Gasteiger partial charge in [-0.25, -0.2) is 0 Å². The van der Waals surface area contributed by atoms with Gasteiger partial charge < -0.3 is 5.32 Å². The number of nitrogens with zero attached hydrogens (tertiary/aromatic N) is 1. The second-order valence-electron chi connectivity index (χ2n) is 7.29. The van der Waals surface area contributed by atoms with Gasteiger partial charge in [0.05, 0.1) is 0 Å². The summed E-state index contributed by atoms with van der Waals surface area (Å²) in [6.45, 7) is 8.35. The quantitative estimate of drug-likeness (QED) is 0.806. The fourth-order valence-electron chi connectivity index (χ4n) is 3.61. The summed E-state index contributed by atoms with van der Waals surface area (Å²) in [5.41, 5.74) is 0.535. The Hall–Kier alpha value is -0.0800. The maximum atomic E-state index is 3.80. The lowest BCUT2D eigenvalue weighted by molar-refractivity contribution is 0.0298. The van der Waals surface area contributed by atoms with Crippen LogP contribution in [0, 0.1) is 5.41 Å². The second-order valence-corrected chi connectivity index (χ2v) is 7.29. The topological polar surface area (TPSA) is 15.3 Å². The van der Waals surface area contributed by atoms with Crippen LogP contribution < -0.4 is 5.32 Å². The average Bonchev–Trinajstić information content (AvgIpc) is 2.24. The van der Waals surface area contributed by atoms with Crippen molar-refractivity contribution in [3.8, 4) is 0 Å². The van der Waals surface area contributed by atoms with Crippen molar-refractivity contribution < 1.29 is 0 Å². The Morgan fingerprint density at radius 3 is 2.50 bits per heavy atom. The minimum absolute atomic E-state index is 0.535. The highest BCUT2D eigenvalue weighted by atomic mass is 15.2. The Morgan fingerprint density at radius 1 is 1.22 bits per heavy atom. The van der Waals surface area contributed by atoms with Crippen molar-refractivity contribution in [1.82, 2.24) is 10.2 Å². The molecule has 2 atom stereocenters. The van der Waals surface area contributed by atoms with Crippen LogP contribution in [0.3, 0.4) is 0 Å². The van der Waals surface area contributed by atoms with Crippen LogP contribution in [-0.2, 0) is 0 Å². The molecule has 0 radical (unpaired) electrons. The molecule has 0 saturated heterocycles. The highest BCUT2D eigenvalue weighted by Crippen LogP contribution is 2.39. The van der Waals surface area contributed by atoms with Gasteiger partial charge in [0.25, 0.3) is 0 Å². The first-order valence-corrected chi connectivity index (χ1v) is 7.99. The third kappa shape index (κ3) is 3.27. The van der Waals surface area contributed by atoms with Gasteiger partial charge in [-0.1, -0.05) is 27.2 Å². The minimum Gasteiger partial charge on any atom is -0.312 e. The smallest absolute Gasteiger partial charge is 0.0254 e. The Labute approximate surface area is 114 Å². The maximum Gasteiger partial charge on any atom is 0.0254 e. The van der Waals surface area contributed by atoms with Gasteiger partial charge in [0.1, 0.15) is 0 Å². The normalized spacial score (nSPS) is 32.5. The molecular formula is C16H32N2. The molecule has 0 bridgehead atoms. The van der Waals surface area contributed by atoms with Crippen molar-refractivity contribution in [3.63, 3.8) is 0 Å². The van der Waals surface area contributed by atoms with E-state index in [0.29, 0.717) is 5.41 Å². The molecule has 0 spiro atoms. The van der Waals surface area contributed by atoms with Crippen LogP contribution in [0.5, 0.6) is 0 Å². The zero-order valence-electron chi connectivity index (χ0n) is 12.8. The van der Waals surface area contributed by atoms with Crippen molar-refractivity contribution in [1.29, 1.82) is 0 Å². The van der Waals surface area contributed by atoms with Gasteiger partial charge in [0.2, 0.25) is 0 Å². The van der Waals surface area contributed by atoms with E-state index in [1.807, 2.05) is 0 Å². The van der Waals surface area contributed by atoms with Gasteiger partial charge in [0.15, 0.2) is 0 Å². The predicted molar refractivity (Wildman–Crippen MR) is 78.9 cm³/mol. The summed E-state index contributed by atoms with van der Waals surface area (Å²) in [5.74, 6) is 0. The highest BCUT2D eigenvalue weighted by Gasteiger charge is 2.39. The number of hydrogen-bond donors (Lipinski definition) is 1. The molecule has 2 aliphatic carbocycles. The van der Waals surface area contributed by atoms with Crippen LogP contribution in [0.1, 0.15) is 65.7 Å². The van der Waals surface area contributed by atoms with E-state index in [2.05, 4.69) is 38.0 Å². The molecule has 0 heterocycles. The molecule has 0 amide bonds. The monoisotopic (exact) mass is 252 g/mol. The van der Waals surface area contributed by atoms with Crippen molar-refractivity contribution in [2.45, 2.75) is 83.8 Å². The fraction of sp³-hybridized carbons (Fsp3) is 1.00. The van der Waals surface area contributed by atoms with E-state index in [-0.39, 0.29) is 0 Å². The van der Waals surface area contributed by atoms with Crippen LogP contribution in [0.2, 0.25) is 0 Å². The average molecular weight is 252 g/mol. The summed E-state index contributed by atoms with van der Waals surface area (Å²) >= 11 is 0.